The van der Waals surface area contributed by atoms with Gasteiger partial charge in [0.05, 0.1) is 17.1 Å². The third-order valence-corrected chi connectivity index (χ3v) is 3.37. The van der Waals surface area contributed by atoms with Crippen molar-refractivity contribution in [2.45, 2.75) is 13.0 Å². The number of rotatable bonds is 4. The van der Waals surface area contributed by atoms with Crippen molar-refractivity contribution in [3.63, 3.8) is 0 Å². The van der Waals surface area contributed by atoms with Gasteiger partial charge in [0.25, 0.3) is 0 Å². The van der Waals surface area contributed by atoms with Crippen LogP contribution in [0.1, 0.15) is 24.1 Å². The lowest BCUT2D eigenvalue weighted by Gasteiger charge is -2.19. The predicted molar refractivity (Wildman–Crippen MR) is 81.5 cm³/mol. The van der Waals surface area contributed by atoms with Crippen molar-refractivity contribution in [2.75, 3.05) is 6.54 Å². The lowest BCUT2D eigenvalue weighted by atomic mass is 9.98. The van der Waals surface area contributed by atoms with Crippen molar-refractivity contribution in [3.05, 3.63) is 72.1 Å². The molecule has 20 heavy (non-hydrogen) atoms. The zero-order valence-corrected chi connectivity index (χ0v) is 11.5. The van der Waals surface area contributed by atoms with Gasteiger partial charge in [0.2, 0.25) is 0 Å². The summed E-state index contributed by atoms with van der Waals surface area (Å²) in [6, 6.07) is 16.9. The Balaban J connectivity index is 2.05. The maximum absolute atomic E-state index is 4.39. The van der Waals surface area contributed by atoms with Crippen LogP contribution in [0.3, 0.4) is 0 Å². The summed E-state index contributed by atoms with van der Waals surface area (Å²) in [6.45, 7) is 3.04. The van der Waals surface area contributed by atoms with E-state index in [0.717, 1.165) is 17.6 Å². The first-order valence-electron chi connectivity index (χ1n) is 6.87. The zero-order chi connectivity index (χ0) is 13.8. The maximum atomic E-state index is 4.39. The van der Waals surface area contributed by atoms with Crippen molar-refractivity contribution in [2.24, 2.45) is 0 Å². The topological polar surface area (TPSA) is 37.8 Å². The van der Waals surface area contributed by atoms with E-state index in [1.54, 1.807) is 12.4 Å². The summed E-state index contributed by atoms with van der Waals surface area (Å²) < 4.78 is 0. The molecule has 0 saturated carbocycles. The van der Waals surface area contributed by atoms with Crippen molar-refractivity contribution in [1.82, 2.24) is 15.3 Å². The molecular formula is C17H17N3. The molecule has 0 radical (unpaired) electrons. The summed E-state index contributed by atoms with van der Waals surface area (Å²) in [5.41, 5.74) is 4.34. The van der Waals surface area contributed by atoms with Gasteiger partial charge in [-0.1, -0.05) is 43.3 Å². The fourth-order valence-electron chi connectivity index (χ4n) is 2.44. The van der Waals surface area contributed by atoms with E-state index >= 15 is 0 Å². The largest absolute Gasteiger partial charge is 0.307 e. The summed E-state index contributed by atoms with van der Waals surface area (Å²) in [4.78, 5) is 8.71. The Morgan fingerprint density at radius 1 is 0.900 bits per heavy atom. The SMILES string of the molecule is CCNC(c1ccccc1)c1ccc2nccnc2c1. The van der Waals surface area contributed by atoms with Crippen LogP contribution >= 0.6 is 0 Å². The second kappa shape index (κ2) is 5.80. The molecule has 100 valence electrons. The van der Waals surface area contributed by atoms with Gasteiger partial charge >= 0.3 is 0 Å². The lowest BCUT2D eigenvalue weighted by Crippen LogP contribution is -2.21. The van der Waals surface area contributed by atoms with E-state index in [2.05, 4.69) is 58.6 Å². The molecule has 1 unspecified atom stereocenters. The zero-order valence-electron chi connectivity index (χ0n) is 11.5. The summed E-state index contributed by atoms with van der Waals surface area (Å²) in [5.74, 6) is 0. The third kappa shape index (κ3) is 2.53. The minimum Gasteiger partial charge on any atom is -0.307 e. The van der Waals surface area contributed by atoms with Gasteiger partial charge in [-0.2, -0.15) is 0 Å². The Hall–Kier alpha value is -2.26. The molecule has 1 atom stereocenters. The normalized spacial score (nSPS) is 12.4. The van der Waals surface area contributed by atoms with E-state index in [-0.39, 0.29) is 6.04 Å². The van der Waals surface area contributed by atoms with E-state index in [0.29, 0.717) is 0 Å². The first kappa shape index (κ1) is 12.8. The number of hydrogen-bond acceptors (Lipinski definition) is 3. The molecule has 1 N–H and O–H groups in total. The highest BCUT2D eigenvalue weighted by molar-refractivity contribution is 5.74. The van der Waals surface area contributed by atoms with Crippen molar-refractivity contribution in [3.8, 4) is 0 Å². The minimum absolute atomic E-state index is 0.188. The predicted octanol–water partition coefficient (Wildman–Crippen LogP) is 3.33. The standard InChI is InChI=1S/C17H17N3/c1-2-18-17(13-6-4-3-5-7-13)14-8-9-15-16(12-14)20-11-10-19-15/h3-12,17-18H,2H2,1H3. The Bertz CT molecular complexity index is 695. The Kier molecular flexibility index (Phi) is 3.70. The summed E-state index contributed by atoms with van der Waals surface area (Å²) in [6.07, 6.45) is 3.46. The molecular weight excluding hydrogens is 246 g/mol. The second-order valence-corrected chi connectivity index (χ2v) is 4.71. The molecule has 0 aliphatic carbocycles. The van der Waals surface area contributed by atoms with Gasteiger partial charge in [0.1, 0.15) is 0 Å². The van der Waals surface area contributed by atoms with Crippen LogP contribution in [0.4, 0.5) is 0 Å². The van der Waals surface area contributed by atoms with Crippen LogP contribution in [0.15, 0.2) is 60.9 Å². The van der Waals surface area contributed by atoms with Gasteiger partial charge in [0.15, 0.2) is 0 Å². The Morgan fingerprint density at radius 2 is 1.65 bits per heavy atom. The first-order chi connectivity index (χ1) is 9.88. The molecule has 0 amide bonds. The van der Waals surface area contributed by atoms with Crippen molar-refractivity contribution >= 4 is 11.0 Å². The third-order valence-electron chi connectivity index (χ3n) is 3.37. The number of nitrogens with one attached hydrogen (secondary N) is 1. The van der Waals surface area contributed by atoms with Gasteiger partial charge in [-0.25, -0.2) is 0 Å². The van der Waals surface area contributed by atoms with Crippen LogP contribution in [0.2, 0.25) is 0 Å². The fourth-order valence-corrected chi connectivity index (χ4v) is 2.44. The highest BCUT2D eigenvalue weighted by Gasteiger charge is 2.13. The van der Waals surface area contributed by atoms with E-state index in [1.807, 2.05) is 12.1 Å². The number of benzene rings is 2. The molecule has 0 aliphatic rings. The van der Waals surface area contributed by atoms with Gasteiger partial charge in [-0.15, -0.1) is 0 Å². The molecule has 0 saturated heterocycles. The number of nitrogens with zero attached hydrogens (tertiary/aromatic N) is 2. The summed E-state index contributed by atoms with van der Waals surface area (Å²) >= 11 is 0. The minimum atomic E-state index is 0.188. The Labute approximate surface area is 118 Å². The van der Waals surface area contributed by atoms with E-state index in [4.69, 9.17) is 0 Å². The quantitative estimate of drug-likeness (QED) is 0.784. The number of fused-ring (bicyclic) bond motifs is 1. The van der Waals surface area contributed by atoms with Gasteiger partial charge in [0, 0.05) is 12.4 Å². The highest BCUT2D eigenvalue weighted by Crippen LogP contribution is 2.24. The van der Waals surface area contributed by atoms with E-state index in [1.165, 1.54) is 11.1 Å². The van der Waals surface area contributed by atoms with Crippen LogP contribution in [0.25, 0.3) is 11.0 Å². The average Bonchev–Trinajstić information content (AvgIpc) is 2.53. The molecule has 0 bridgehead atoms. The first-order valence-corrected chi connectivity index (χ1v) is 6.87. The van der Waals surface area contributed by atoms with Crippen LogP contribution in [-0.2, 0) is 0 Å². The maximum Gasteiger partial charge on any atom is 0.0890 e. The molecule has 3 heteroatoms. The van der Waals surface area contributed by atoms with Crippen LogP contribution in [0, 0.1) is 0 Å². The highest BCUT2D eigenvalue weighted by atomic mass is 14.9. The van der Waals surface area contributed by atoms with Crippen molar-refractivity contribution in [1.29, 1.82) is 0 Å². The molecule has 1 heterocycles. The molecule has 3 rings (SSSR count). The summed E-state index contributed by atoms with van der Waals surface area (Å²) in [7, 11) is 0. The van der Waals surface area contributed by atoms with Gasteiger partial charge in [-0.05, 0) is 29.8 Å². The van der Waals surface area contributed by atoms with Crippen molar-refractivity contribution < 1.29 is 0 Å². The smallest absolute Gasteiger partial charge is 0.0890 e. The number of hydrogen-bond donors (Lipinski definition) is 1. The Morgan fingerprint density at radius 3 is 2.40 bits per heavy atom. The van der Waals surface area contributed by atoms with Crippen LogP contribution < -0.4 is 5.32 Å². The van der Waals surface area contributed by atoms with Crippen LogP contribution in [0.5, 0.6) is 0 Å². The summed E-state index contributed by atoms with van der Waals surface area (Å²) in [5, 5.41) is 3.53. The average molecular weight is 263 g/mol. The monoisotopic (exact) mass is 263 g/mol. The molecule has 1 aromatic heterocycles. The molecule has 0 fully saturated rings. The molecule has 2 aromatic carbocycles. The van der Waals surface area contributed by atoms with Gasteiger partial charge in [-0.3, -0.25) is 9.97 Å². The molecule has 0 spiro atoms. The van der Waals surface area contributed by atoms with Crippen LogP contribution in [-0.4, -0.2) is 16.5 Å². The number of aromatic nitrogens is 2. The molecule has 3 aromatic rings. The molecule has 0 aliphatic heterocycles. The second-order valence-electron chi connectivity index (χ2n) is 4.71. The lowest BCUT2D eigenvalue weighted by molar-refractivity contribution is 0.631. The molecule has 3 nitrogen and oxygen atoms in total. The van der Waals surface area contributed by atoms with E-state index < -0.39 is 0 Å². The fraction of sp³-hybridized carbons (Fsp3) is 0.176. The van der Waals surface area contributed by atoms with Gasteiger partial charge < -0.3 is 5.32 Å². The van der Waals surface area contributed by atoms with E-state index in [9.17, 15) is 0 Å².